The van der Waals surface area contributed by atoms with Gasteiger partial charge in [-0.05, 0) is 91.1 Å². The van der Waals surface area contributed by atoms with Gasteiger partial charge in [-0.1, -0.05) is 50.2 Å². The van der Waals surface area contributed by atoms with Gasteiger partial charge in [0.25, 0.3) is 0 Å². The Balaban J connectivity index is 1.95. The molecule has 0 saturated heterocycles. The molecule has 1 fully saturated rings. The molecule has 1 aliphatic rings. The molecule has 23 heavy (non-hydrogen) atoms. The fourth-order valence-electron chi connectivity index (χ4n) is 3.51. The highest BCUT2D eigenvalue weighted by Gasteiger charge is 2.27. The summed E-state index contributed by atoms with van der Waals surface area (Å²) in [4.78, 5) is 0. The van der Waals surface area contributed by atoms with E-state index in [0.717, 1.165) is 53.5 Å². The first-order valence-corrected chi connectivity index (χ1v) is 8.64. The average Bonchev–Trinajstić information content (AvgIpc) is 2.57. The second kappa shape index (κ2) is 6.15. The molecule has 0 bridgehead atoms. The highest BCUT2D eigenvalue weighted by atomic mass is 14.3. The van der Waals surface area contributed by atoms with E-state index in [-0.39, 0.29) is 0 Å². The summed E-state index contributed by atoms with van der Waals surface area (Å²) in [5, 5.41) is 0. The van der Waals surface area contributed by atoms with Crippen LogP contribution in [0.15, 0.2) is 36.4 Å². The van der Waals surface area contributed by atoms with Crippen LogP contribution < -0.4 is 0 Å². The fourth-order valence-corrected chi connectivity index (χ4v) is 3.51. The van der Waals surface area contributed by atoms with Gasteiger partial charge in [0.15, 0.2) is 0 Å². The zero-order valence-corrected chi connectivity index (χ0v) is 14.8. The predicted molar refractivity (Wildman–Crippen MR) is 101 cm³/mol. The van der Waals surface area contributed by atoms with Gasteiger partial charge in [-0.2, -0.15) is 0 Å². The molecule has 0 heteroatoms. The monoisotopic (exact) mass is 310 g/mol. The fraction of sp³-hybridized carbons (Fsp3) is 0.478. The van der Waals surface area contributed by atoms with Crippen LogP contribution in [-0.4, -0.2) is 0 Å². The van der Waals surface area contributed by atoms with Crippen molar-refractivity contribution in [2.45, 2.75) is 66.1 Å². The van der Waals surface area contributed by atoms with Crippen molar-refractivity contribution in [1.29, 1.82) is 0 Å². The van der Waals surface area contributed by atoms with Crippen molar-refractivity contribution in [2.75, 3.05) is 0 Å². The lowest BCUT2D eigenvalue weighted by molar-refractivity contribution is 0.224. The van der Waals surface area contributed by atoms with Gasteiger partial charge in [-0.25, -0.2) is 0 Å². The van der Waals surface area contributed by atoms with Crippen LogP contribution in [0.25, 0.3) is 11.1 Å². The SMILES string of the molecule is [2H]C([2H])([2H])c1cc(-c2ccc(C3([2H])CCC(C)(C)CC3)cc2C)ccc1C. The first-order valence-electron chi connectivity index (χ1n) is 10.6. The zero-order valence-electron chi connectivity index (χ0n) is 18.8. The quantitative estimate of drug-likeness (QED) is 0.562. The Labute approximate surface area is 147 Å². The highest BCUT2D eigenvalue weighted by Crippen LogP contribution is 2.43. The van der Waals surface area contributed by atoms with Crippen molar-refractivity contribution in [3.8, 4) is 11.1 Å². The summed E-state index contributed by atoms with van der Waals surface area (Å²) in [5.41, 5.74) is 5.71. The Morgan fingerprint density at radius 2 is 1.70 bits per heavy atom. The van der Waals surface area contributed by atoms with Crippen LogP contribution in [-0.2, 0) is 0 Å². The zero-order chi connectivity index (χ0) is 20.0. The van der Waals surface area contributed by atoms with E-state index < -0.39 is 12.7 Å². The van der Waals surface area contributed by atoms with Crippen molar-refractivity contribution >= 4 is 0 Å². The van der Waals surface area contributed by atoms with Gasteiger partial charge in [0.2, 0.25) is 0 Å². The third kappa shape index (κ3) is 3.52. The molecule has 122 valence electrons. The molecule has 0 aliphatic heterocycles. The van der Waals surface area contributed by atoms with E-state index in [0.29, 0.717) is 11.0 Å². The molecular formula is C23H30. The van der Waals surface area contributed by atoms with Gasteiger partial charge < -0.3 is 0 Å². The van der Waals surface area contributed by atoms with Crippen molar-refractivity contribution < 1.29 is 5.48 Å². The first kappa shape index (κ1) is 11.9. The van der Waals surface area contributed by atoms with Crippen molar-refractivity contribution in [3.05, 3.63) is 58.7 Å². The lowest BCUT2D eigenvalue weighted by Gasteiger charge is -2.34. The van der Waals surface area contributed by atoms with Crippen molar-refractivity contribution in [1.82, 2.24) is 0 Å². The topological polar surface area (TPSA) is 0 Å². The van der Waals surface area contributed by atoms with Gasteiger partial charge in [0.05, 0.1) is 0 Å². The summed E-state index contributed by atoms with van der Waals surface area (Å²) in [6.07, 6.45) is 3.95. The maximum Gasteiger partial charge on any atom is 0.0352 e. The standard InChI is InChI=1S/C23H30/c1-16-6-7-21(14-17(16)2)22-9-8-20(15-18(22)3)19-10-12-23(4,5)13-11-19/h6-9,14-15,19H,10-13H2,1-5H3/i2D3,19D. The van der Waals surface area contributed by atoms with E-state index in [9.17, 15) is 0 Å². The molecule has 0 aromatic heterocycles. The van der Waals surface area contributed by atoms with Gasteiger partial charge in [0, 0.05) is 5.48 Å². The molecule has 2 aromatic rings. The smallest absolute Gasteiger partial charge is 0.0352 e. The van der Waals surface area contributed by atoms with E-state index in [1.54, 1.807) is 6.07 Å². The predicted octanol–water partition coefficient (Wildman–Crippen LogP) is 6.96. The molecule has 0 atom stereocenters. The largest absolute Gasteiger partial charge is 0.0599 e. The van der Waals surface area contributed by atoms with Crippen LogP contribution >= 0.6 is 0 Å². The van der Waals surface area contributed by atoms with Gasteiger partial charge in [-0.15, -0.1) is 0 Å². The van der Waals surface area contributed by atoms with E-state index >= 15 is 0 Å². The second-order valence-corrected chi connectivity index (χ2v) is 7.83. The van der Waals surface area contributed by atoms with Crippen molar-refractivity contribution in [3.63, 3.8) is 0 Å². The number of benzene rings is 2. The summed E-state index contributed by atoms with van der Waals surface area (Å²) in [5.74, 6) is -0.504. The Bertz CT molecular complexity index is 836. The molecule has 0 unspecified atom stereocenters. The number of hydrogen-bond acceptors (Lipinski definition) is 0. The van der Waals surface area contributed by atoms with E-state index in [1.807, 2.05) is 19.1 Å². The van der Waals surface area contributed by atoms with Crippen LogP contribution in [0.2, 0.25) is 0 Å². The average molecular weight is 311 g/mol. The molecular weight excluding hydrogens is 276 g/mol. The number of aryl methyl sites for hydroxylation is 3. The lowest BCUT2D eigenvalue weighted by Crippen LogP contribution is -2.20. The number of rotatable bonds is 2. The van der Waals surface area contributed by atoms with Crippen LogP contribution in [0.4, 0.5) is 0 Å². The molecule has 1 saturated carbocycles. The molecule has 0 nitrogen and oxygen atoms in total. The second-order valence-electron chi connectivity index (χ2n) is 7.83. The van der Waals surface area contributed by atoms with E-state index in [2.05, 4.69) is 39.0 Å². The third-order valence-corrected chi connectivity index (χ3v) is 5.39. The third-order valence-electron chi connectivity index (χ3n) is 5.39. The molecule has 0 radical (unpaired) electrons. The Morgan fingerprint density at radius 1 is 0.957 bits per heavy atom. The molecule has 2 aromatic carbocycles. The Hall–Kier alpha value is -1.56. The van der Waals surface area contributed by atoms with Crippen LogP contribution in [0.3, 0.4) is 0 Å². The summed E-state index contributed by atoms with van der Waals surface area (Å²) < 4.78 is 32.3. The first-order chi connectivity index (χ1) is 12.4. The van der Waals surface area contributed by atoms with Crippen LogP contribution in [0.5, 0.6) is 0 Å². The van der Waals surface area contributed by atoms with E-state index in [1.165, 1.54) is 0 Å². The highest BCUT2D eigenvalue weighted by molar-refractivity contribution is 5.68. The minimum Gasteiger partial charge on any atom is -0.0599 e. The van der Waals surface area contributed by atoms with Gasteiger partial charge in [-0.3, -0.25) is 0 Å². The Kier molecular flexibility index (Phi) is 3.18. The summed E-state index contributed by atoms with van der Waals surface area (Å²) in [6, 6.07) is 11.9. The summed E-state index contributed by atoms with van der Waals surface area (Å²) in [6.45, 7) is 6.38. The van der Waals surface area contributed by atoms with Crippen LogP contribution in [0.1, 0.15) is 73.2 Å². The lowest BCUT2D eigenvalue weighted by atomic mass is 9.71. The Morgan fingerprint density at radius 3 is 2.35 bits per heavy atom. The molecule has 0 spiro atoms. The van der Waals surface area contributed by atoms with Gasteiger partial charge >= 0.3 is 0 Å². The van der Waals surface area contributed by atoms with E-state index in [4.69, 9.17) is 5.48 Å². The minimum absolute atomic E-state index is 0.340. The molecule has 0 heterocycles. The maximum absolute atomic E-state index is 8.98. The summed E-state index contributed by atoms with van der Waals surface area (Å²) >= 11 is 0. The molecule has 1 aliphatic carbocycles. The molecule has 3 rings (SSSR count). The van der Waals surface area contributed by atoms with Crippen LogP contribution in [0, 0.1) is 26.1 Å². The summed E-state index contributed by atoms with van der Waals surface area (Å²) in [7, 11) is 0. The van der Waals surface area contributed by atoms with Crippen molar-refractivity contribution in [2.24, 2.45) is 5.41 Å². The van der Waals surface area contributed by atoms with Gasteiger partial charge in [0.1, 0.15) is 0 Å². The minimum atomic E-state index is -2.10. The number of hydrogen-bond donors (Lipinski definition) is 0. The molecule has 0 N–H and O–H groups in total. The maximum atomic E-state index is 8.98. The normalized spacial score (nSPS) is 22.6. The molecule has 0 amide bonds.